The Hall–Kier alpha value is -3.88. The maximum Gasteiger partial charge on any atom is 0.347 e. The molecule has 0 amide bonds. The summed E-state index contributed by atoms with van der Waals surface area (Å²) in [7, 11) is 0. The van der Waals surface area contributed by atoms with Gasteiger partial charge in [-0.25, -0.2) is 14.3 Å². The van der Waals surface area contributed by atoms with Crippen molar-refractivity contribution in [3.05, 3.63) is 86.6 Å². The third-order valence-electron chi connectivity index (χ3n) is 6.75. The number of rotatable bonds is 17. The zero-order chi connectivity index (χ0) is 29.0. The maximum absolute atomic E-state index is 13.2. The predicted molar refractivity (Wildman–Crippen MR) is 157 cm³/mol. The number of unbranched alkanes of at least 4 members (excludes halogenated alkanes) is 5. The van der Waals surface area contributed by atoms with Crippen molar-refractivity contribution in [3.8, 4) is 5.75 Å². The summed E-state index contributed by atoms with van der Waals surface area (Å²) in [5, 5.41) is 16.9. The van der Waals surface area contributed by atoms with Crippen LogP contribution in [-0.2, 0) is 24.3 Å². The quantitative estimate of drug-likeness (QED) is 0.225. The average molecular weight is 551 g/mol. The second-order valence-corrected chi connectivity index (χ2v) is 10.6. The third kappa shape index (κ3) is 9.10. The molecule has 3 rings (SSSR count). The number of hydrogen-bond donors (Lipinski definition) is 2. The van der Waals surface area contributed by atoms with Crippen LogP contribution < -0.4 is 21.3 Å². The van der Waals surface area contributed by atoms with Gasteiger partial charge in [-0.1, -0.05) is 75.1 Å². The SMILES string of the molecule is CCCCCCCn1c(=O)c(NCCCCc2cccc(OC(C)(C)C(=O)O)c2)nn(Cc2ccccc2)c1=O. The van der Waals surface area contributed by atoms with Crippen LogP contribution >= 0.6 is 0 Å². The Morgan fingerprint density at radius 2 is 1.68 bits per heavy atom. The fourth-order valence-electron chi connectivity index (χ4n) is 4.36. The van der Waals surface area contributed by atoms with Crippen LogP contribution in [0.15, 0.2) is 64.2 Å². The van der Waals surface area contributed by atoms with E-state index in [2.05, 4.69) is 17.3 Å². The van der Waals surface area contributed by atoms with Crippen molar-refractivity contribution in [2.24, 2.45) is 0 Å². The molecule has 2 aromatic carbocycles. The Balaban J connectivity index is 1.63. The first-order valence-electron chi connectivity index (χ1n) is 14.2. The highest BCUT2D eigenvalue weighted by molar-refractivity contribution is 5.76. The minimum atomic E-state index is -1.31. The molecule has 0 aliphatic rings. The number of aryl methyl sites for hydroxylation is 1. The number of carboxylic acid groups (broad SMARTS) is 1. The topological polar surface area (TPSA) is 115 Å². The average Bonchev–Trinajstić information content (AvgIpc) is 2.93. The molecule has 3 aromatic rings. The number of nitrogens with zero attached hydrogens (tertiary/aromatic N) is 3. The van der Waals surface area contributed by atoms with E-state index < -0.39 is 11.6 Å². The van der Waals surface area contributed by atoms with Crippen LogP contribution in [0.5, 0.6) is 5.75 Å². The number of hydrogen-bond acceptors (Lipinski definition) is 6. The van der Waals surface area contributed by atoms with Crippen molar-refractivity contribution in [1.82, 2.24) is 14.3 Å². The van der Waals surface area contributed by atoms with Gasteiger partial charge in [-0.05, 0) is 62.8 Å². The number of ether oxygens (including phenoxy) is 1. The van der Waals surface area contributed by atoms with Crippen molar-refractivity contribution in [3.63, 3.8) is 0 Å². The lowest BCUT2D eigenvalue weighted by molar-refractivity contribution is -0.152. The molecule has 0 bridgehead atoms. The molecule has 9 nitrogen and oxygen atoms in total. The zero-order valence-electron chi connectivity index (χ0n) is 23.9. The van der Waals surface area contributed by atoms with E-state index in [1.165, 1.54) is 23.1 Å². The molecule has 0 saturated heterocycles. The molecule has 1 aromatic heterocycles. The Kier molecular flexibility index (Phi) is 11.5. The maximum atomic E-state index is 13.2. The van der Waals surface area contributed by atoms with Gasteiger partial charge in [0.25, 0.3) is 5.56 Å². The number of benzene rings is 2. The fraction of sp³-hybridized carbons (Fsp3) is 0.484. The summed E-state index contributed by atoms with van der Waals surface area (Å²) in [6, 6.07) is 17.1. The smallest absolute Gasteiger partial charge is 0.347 e. The first-order valence-corrected chi connectivity index (χ1v) is 14.2. The summed E-state index contributed by atoms with van der Waals surface area (Å²) in [6.45, 7) is 6.40. The van der Waals surface area contributed by atoms with Gasteiger partial charge in [0.15, 0.2) is 5.60 Å². The highest BCUT2D eigenvalue weighted by Gasteiger charge is 2.29. The van der Waals surface area contributed by atoms with Gasteiger partial charge in [0, 0.05) is 13.1 Å². The van der Waals surface area contributed by atoms with Crippen LogP contribution in [0.1, 0.15) is 76.8 Å². The van der Waals surface area contributed by atoms with Crippen LogP contribution in [0.4, 0.5) is 5.82 Å². The molecule has 216 valence electrons. The van der Waals surface area contributed by atoms with Gasteiger partial charge in [-0.3, -0.25) is 9.36 Å². The van der Waals surface area contributed by atoms with E-state index >= 15 is 0 Å². The molecule has 0 unspecified atom stereocenters. The minimum absolute atomic E-state index is 0.190. The van der Waals surface area contributed by atoms with Gasteiger partial charge in [0.2, 0.25) is 5.82 Å². The van der Waals surface area contributed by atoms with E-state index in [-0.39, 0.29) is 17.1 Å². The molecular weight excluding hydrogens is 508 g/mol. The minimum Gasteiger partial charge on any atom is -0.478 e. The standard InChI is InChI=1S/C31H42N4O5/c1-4-5-6-7-13-21-34-28(36)27(33-35(30(34)39)23-25-16-9-8-10-17-25)32-20-12-11-15-24-18-14-19-26(22-24)40-31(2,3)29(37)38/h8-10,14,16-19,22H,4-7,11-13,15,20-21,23H2,1-3H3,(H,32,33)(H,37,38). The highest BCUT2D eigenvalue weighted by Crippen LogP contribution is 2.21. The van der Waals surface area contributed by atoms with Gasteiger partial charge < -0.3 is 15.2 Å². The molecule has 2 N–H and O–H groups in total. The van der Waals surface area contributed by atoms with Crippen molar-refractivity contribution >= 4 is 11.8 Å². The molecule has 9 heteroatoms. The Morgan fingerprint density at radius 1 is 0.950 bits per heavy atom. The van der Waals surface area contributed by atoms with Crippen molar-refractivity contribution < 1.29 is 14.6 Å². The van der Waals surface area contributed by atoms with Gasteiger partial charge in [0.1, 0.15) is 5.75 Å². The number of aliphatic carboxylic acids is 1. The highest BCUT2D eigenvalue weighted by atomic mass is 16.5. The molecule has 40 heavy (non-hydrogen) atoms. The lowest BCUT2D eigenvalue weighted by Crippen LogP contribution is -2.43. The normalized spacial score (nSPS) is 11.4. The number of anilines is 1. The van der Waals surface area contributed by atoms with Crippen molar-refractivity contribution in [2.45, 2.75) is 90.8 Å². The lowest BCUT2D eigenvalue weighted by atomic mass is 10.1. The second-order valence-electron chi connectivity index (χ2n) is 10.6. The van der Waals surface area contributed by atoms with Crippen LogP contribution in [0.3, 0.4) is 0 Å². The largest absolute Gasteiger partial charge is 0.478 e. The van der Waals surface area contributed by atoms with E-state index in [1.807, 2.05) is 48.5 Å². The molecule has 0 fully saturated rings. The third-order valence-corrected chi connectivity index (χ3v) is 6.75. The number of carbonyl (C=O) groups is 1. The van der Waals surface area contributed by atoms with Gasteiger partial charge in [-0.2, -0.15) is 0 Å². The van der Waals surface area contributed by atoms with Crippen LogP contribution in [0.25, 0.3) is 0 Å². The predicted octanol–water partition coefficient (Wildman–Crippen LogP) is 5.10. The van der Waals surface area contributed by atoms with E-state index in [1.54, 1.807) is 6.07 Å². The summed E-state index contributed by atoms with van der Waals surface area (Å²) in [5.41, 5.74) is -0.0961. The summed E-state index contributed by atoms with van der Waals surface area (Å²) in [6.07, 6.45) is 7.51. The summed E-state index contributed by atoms with van der Waals surface area (Å²) < 4.78 is 8.32. The summed E-state index contributed by atoms with van der Waals surface area (Å²) in [4.78, 5) is 37.7. The number of aromatic nitrogens is 3. The first-order chi connectivity index (χ1) is 19.2. The second kappa shape index (κ2) is 15.1. The van der Waals surface area contributed by atoms with E-state index in [0.717, 1.165) is 62.5 Å². The molecule has 0 aliphatic carbocycles. The number of nitrogens with one attached hydrogen (secondary N) is 1. The molecule has 0 saturated carbocycles. The Morgan fingerprint density at radius 3 is 2.40 bits per heavy atom. The van der Waals surface area contributed by atoms with E-state index in [4.69, 9.17) is 4.74 Å². The zero-order valence-corrected chi connectivity index (χ0v) is 23.9. The molecule has 0 spiro atoms. The van der Waals surface area contributed by atoms with Crippen LogP contribution in [0.2, 0.25) is 0 Å². The Labute approximate surface area is 235 Å². The Bertz CT molecular complexity index is 1350. The molecule has 0 atom stereocenters. The molecule has 0 radical (unpaired) electrons. The van der Waals surface area contributed by atoms with Crippen LogP contribution in [-0.4, -0.2) is 37.6 Å². The molecule has 0 aliphatic heterocycles. The summed E-state index contributed by atoms with van der Waals surface area (Å²) in [5.74, 6) is -0.318. The van der Waals surface area contributed by atoms with E-state index in [9.17, 15) is 19.5 Å². The summed E-state index contributed by atoms with van der Waals surface area (Å²) >= 11 is 0. The lowest BCUT2D eigenvalue weighted by Gasteiger charge is -2.21. The fourth-order valence-corrected chi connectivity index (χ4v) is 4.36. The van der Waals surface area contributed by atoms with E-state index in [0.29, 0.717) is 25.4 Å². The van der Waals surface area contributed by atoms with Crippen molar-refractivity contribution in [1.29, 1.82) is 0 Å². The first kappa shape index (κ1) is 30.7. The van der Waals surface area contributed by atoms with Crippen molar-refractivity contribution in [2.75, 3.05) is 11.9 Å². The van der Waals surface area contributed by atoms with Gasteiger partial charge >= 0.3 is 11.7 Å². The molecular formula is C31H42N4O5. The number of carboxylic acids is 1. The van der Waals surface area contributed by atoms with Crippen LogP contribution in [0, 0.1) is 0 Å². The monoisotopic (exact) mass is 550 g/mol. The van der Waals surface area contributed by atoms with Gasteiger partial charge in [-0.15, -0.1) is 5.10 Å². The van der Waals surface area contributed by atoms with Gasteiger partial charge in [0.05, 0.1) is 6.54 Å². The molecule has 1 heterocycles.